The van der Waals surface area contributed by atoms with Gasteiger partial charge >= 0.3 is 0 Å². The van der Waals surface area contributed by atoms with Crippen molar-refractivity contribution in [2.24, 2.45) is 0 Å². The Balaban J connectivity index is 2.31. The third-order valence-corrected chi connectivity index (χ3v) is 2.50. The Morgan fingerprint density at radius 1 is 1.44 bits per heavy atom. The molecule has 5 heteroatoms. The van der Waals surface area contributed by atoms with Crippen LogP contribution in [0.25, 0.3) is 0 Å². The molecule has 0 radical (unpaired) electrons. The van der Waals surface area contributed by atoms with Crippen molar-refractivity contribution in [1.29, 1.82) is 5.26 Å². The number of nitriles is 1. The maximum absolute atomic E-state index is 8.93. The minimum atomic E-state index is 0.302. The number of hydrogen-bond acceptors (Lipinski definition) is 3. The largest absolute Gasteiger partial charge is 0.381 e. The number of nitrogen functional groups attached to an aromatic ring is 1. The molecule has 4 nitrogen and oxygen atoms in total. The van der Waals surface area contributed by atoms with E-state index in [1.807, 2.05) is 18.2 Å². The van der Waals surface area contributed by atoms with Crippen molar-refractivity contribution in [3.05, 3.63) is 46.6 Å². The monoisotopic (exact) mass is 232 g/mol. The van der Waals surface area contributed by atoms with E-state index in [2.05, 4.69) is 11.2 Å². The maximum Gasteiger partial charge on any atom is 0.164 e. The number of halogens is 1. The molecule has 0 aliphatic heterocycles. The number of anilines is 1. The molecule has 2 aromatic rings. The van der Waals surface area contributed by atoms with Crippen molar-refractivity contribution in [1.82, 2.24) is 9.78 Å². The van der Waals surface area contributed by atoms with E-state index in [0.29, 0.717) is 22.9 Å². The Hall–Kier alpha value is -1.99. The molecule has 0 atom stereocenters. The zero-order valence-electron chi connectivity index (χ0n) is 8.39. The van der Waals surface area contributed by atoms with Gasteiger partial charge in [-0.1, -0.05) is 29.8 Å². The highest BCUT2D eigenvalue weighted by Crippen LogP contribution is 2.17. The van der Waals surface area contributed by atoms with E-state index in [0.717, 1.165) is 5.56 Å². The van der Waals surface area contributed by atoms with E-state index in [1.54, 1.807) is 16.9 Å². The smallest absolute Gasteiger partial charge is 0.164 e. The number of nitrogens with zero attached hydrogens (tertiary/aromatic N) is 3. The van der Waals surface area contributed by atoms with Crippen LogP contribution in [-0.2, 0) is 6.54 Å². The Labute approximate surface area is 97.9 Å². The van der Waals surface area contributed by atoms with Gasteiger partial charge in [0.2, 0.25) is 0 Å². The molecule has 0 unspecified atom stereocenters. The molecule has 80 valence electrons. The second-order valence-electron chi connectivity index (χ2n) is 3.33. The molecule has 1 aromatic heterocycles. The molecule has 0 aliphatic rings. The quantitative estimate of drug-likeness (QED) is 0.862. The average Bonchev–Trinajstić information content (AvgIpc) is 2.59. The van der Waals surface area contributed by atoms with Gasteiger partial charge in [0.25, 0.3) is 0 Å². The number of hydrogen-bond donors (Lipinski definition) is 1. The molecule has 1 heterocycles. The molecule has 0 fully saturated rings. The van der Waals surface area contributed by atoms with Gasteiger partial charge in [-0.3, -0.25) is 4.68 Å². The van der Waals surface area contributed by atoms with Crippen LogP contribution in [0, 0.1) is 11.3 Å². The standard InChI is InChI=1S/C11H9ClN4/c12-10-7-16(15-11(10)14)6-9-4-2-1-3-8(9)5-13/h1-4,7H,6H2,(H2,14,15). The summed E-state index contributed by atoms with van der Waals surface area (Å²) in [6.45, 7) is 0.487. The van der Waals surface area contributed by atoms with Crippen molar-refractivity contribution in [3.8, 4) is 6.07 Å². The summed E-state index contributed by atoms with van der Waals surface area (Å²) in [7, 11) is 0. The first-order chi connectivity index (χ1) is 7.70. The summed E-state index contributed by atoms with van der Waals surface area (Å²) in [4.78, 5) is 0. The number of aromatic nitrogens is 2. The van der Waals surface area contributed by atoms with Crippen LogP contribution in [0.5, 0.6) is 0 Å². The van der Waals surface area contributed by atoms with Gasteiger partial charge in [-0.2, -0.15) is 10.4 Å². The summed E-state index contributed by atoms with van der Waals surface area (Å²) in [5, 5.41) is 13.4. The first kappa shape index (κ1) is 10.5. The molecular formula is C11H9ClN4. The van der Waals surface area contributed by atoms with Gasteiger partial charge in [-0.15, -0.1) is 0 Å². The van der Waals surface area contributed by atoms with Crippen molar-refractivity contribution in [3.63, 3.8) is 0 Å². The molecule has 0 spiro atoms. The van der Waals surface area contributed by atoms with Crippen LogP contribution < -0.4 is 5.73 Å². The number of rotatable bonds is 2. The van der Waals surface area contributed by atoms with Gasteiger partial charge in [-0.05, 0) is 11.6 Å². The van der Waals surface area contributed by atoms with Gasteiger partial charge in [0.05, 0.1) is 18.2 Å². The summed E-state index contributed by atoms with van der Waals surface area (Å²) in [5.41, 5.74) is 7.06. The molecule has 0 saturated carbocycles. The normalized spacial score (nSPS) is 10.0. The van der Waals surface area contributed by atoms with Crippen LogP contribution in [0.1, 0.15) is 11.1 Å². The Kier molecular flexibility index (Phi) is 2.80. The first-order valence-corrected chi connectivity index (χ1v) is 5.05. The van der Waals surface area contributed by atoms with Gasteiger partial charge in [0, 0.05) is 6.20 Å². The van der Waals surface area contributed by atoms with E-state index in [-0.39, 0.29) is 0 Å². The van der Waals surface area contributed by atoms with Crippen LogP contribution in [0.3, 0.4) is 0 Å². The second kappa shape index (κ2) is 4.25. The predicted molar refractivity (Wildman–Crippen MR) is 61.9 cm³/mol. The van der Waals surface area contributed by atoms with E-state index < -0.39 is 0 Å². The summed E-state index contributed by atoms with van der Waals surface area (Å²) in [6, 6.07) is 9.48. The molecule has 2 rings (SSSR count). The fraction of sp³-hybridized carbons (Fsp3) is 0.0909. The van der Waals surface area contributed by atoms with E-state index >= 15 is 0 Å². The minimum absolute atomic E-state index is 0.302. The van der Waals surface area contributed by atoms with Crippen LogP contribution in [-0.4, -0.2) is 9.78 Å². The Morgan fingerprint density at radius 2 is 2.19 bits per heavy atom. The van der Waals surface area contributed by atoms with Gasteiger partial charge in [0.15, 0.2) is 5.82 Å². The fourth-order valence-electron chi connectivity index (χ4n) is 1.43. The average molecular weight is 233 g/mol. The molecular weight excluding hydrogens is 224 g/mol. The maximum atomic E-state index is 8.93. The van der Waals surface area contributed by atoms with Crippen LogP contribution in [0.15, 0.2) is 30.5 Å². The predicted octanol–water partition coefficient (Wildman–Crippen LogP) is 2.04. The van der Waals surface area contributed by atoms with E-state index in [1.165, 1.54) is 0 Å². The molecule has 16 heavy (non-hydrogen) atoms. The molecule has 0 bridgehead atoms. The lowest BCUT2D eigenvalue weighted by atomic mass is 10.1. The molecule has 0 amide bonds. The molecule has 2 N–H and O–H groups in total. The lowest BCUT2D eigenvalue weighted by Crippen LogP contribution is -2.02. The van der Waals surface area contributed by atoms with E-state index in [4.69, 9.17) is 22.6 Å². The van der Waals surface area contributed by atoms with Crippen LogP contribution in [0.4, 0.5) is 5.82 Å². The van der Waals surface area contributed by atoms with Gasteiger partial charge in [-0.25, -0.2) is 0 Å². The molecule has 1 aromatic carbocycles. The highest BCUT2D eigenvalue weighted by Gasteiger charge is 2.05. The number of nitrogens with two attached hydrogens (primary N) is 1. The summed E-state index contributed by atoms with van der Waals surface area (Å²) < 4.78 is 1.62. The lowest BCUT2D eigenvalue weighted by Gasteiger charge is -2.03. The summed E-state index contributed by atoms with van der Waals surface area (Å²) in [6.07, 6.45) is 1.64. The highest BCUT2D eigenvalue weighted by atomic mass is 35.5. The Morgan fingerprint density at radius 3 is 2.81 bits per heavy atom. The van der Waals surface area contributed by atoms with Crippen molar-refractivity contribution in [2.75, 3.05) is 5.73 Å². The third kappa shape index (κ3) is 2.00. The highest BCUT2D eigenvalue weighted by molar-refractivity contribution is 6.32. The van der Waals surface area contributed by atoms with Gasteiger partial charge in [0.1, 0.15) is 5.02 Å². The summed E-state index contributed by atoms with van der Waals surface area (Å²) >= 11 is 5.80. The zero-order chi connectivity index (χ0) is 11.5. The number of benzene rings is 1. The zero-order valence-corrected chi connectivity index (χ0v) is 9.15. The second-order valence-corrected chi connectivity index (χ2v) is 3.74. The van der Waals surface area contributed by atoms with Gasteiger partial charge < -0.3 is 5.73 Å². The van der Waals surface area contributed by atoms with E-state index in [9.17, 15) is 0 Å². The molecule has 0 aliphatic carbocycles. The third-order valence-electron chi connectivity index (χ3n) is 2.21. The summed E-state index contributed by atoms with van der Waals surface area (Å²) in [5.74, 6) is 0.302. The lowest BCUT2D eigenvalue weighted by molar-refractivity contribution is 0.689. The SMILES string of the molecule is N#Cc1ccccc1Cn1cc(Cl)c(N)n1. The Bertz CT molecular complexity index is 534. The van der Waals surface area contributed by atoms with Crippen molar-refractivity contribution in [2.45, 2.75) is 6.54 Å². The molecule has 0 saturated heterocycles. The fourth-order valence-corrected chi connectivity index (χ4v) is 1.59. The van der Waals surface area contributed by atoms with Crippen molar-refractivity contribution >= 4 is 17.4 Å². The topological polar surface area (TPSA) is 67.6 Å². The first-order valence-electron chi connectivity index (χ1n) is 4.67. The van der Waals surface area contributed by atoms with Crippen LogP contribution in [0.2, 0.25) is 5.02 Å². The van der Waals surface area contributed by atoms with Crippen LogP contribution >= 0.6 is 11.6 Å². The van der Waals surface area contributed by atoms with Crippen molar-refractivity contribution < 1.29 is 0 Å². The minimum Gasteiger partial charge on any atom is -0.381 e.